The fourth-order valence-corrected chi connectivity index (χ4v) is 6.50. The normalized spacial score (nSPS) is 30.0. The van der Waals surface area contributed by atoms with Gasteiger partial charge >= 0.3 is 5.97 Å². The predicted molar refractivity (Wildman–Crippen MR) is 110 cm³/mol. The van der Waals surface area contributed by atoms with Crippen LogP contribution in [0.3, 0.4) is 0 Å². The predicted octanol–water partition coefficient (Wildman–Crippen LogP) is 4.52. The van der Waals surface area contributed by atoms with Crippen LogP contribution in [0.5, 0.6) is 17.2 Å². The monoisotopic (exact) mass is 404 g/mol. The summed E-state index contributed by atoms with van der Waals surface area (Å²) in [6.45, 7) is 0. The minimum atomic E-state index is -0.470. The molecule has 2 aromatic rings. The summed E-state index contributed by atoms with van der Waals surface area (Å²) in [5.74, 6) is 2.87. The molecule has 1 saturated carbocycles. The fourth-order valence-electron chi connectivity index (χ4n) is 6.50. The molecule has 0 amide bonds. The fraction of sp³-hybridized carbons (Fsp3) is 0.400. The van der Waals surface area contributed by atoms with Crippen molar-refractivity contribution in [3.05, 3.63) is 64.9 Å². The summed E-state index contributed by atoms with van der Waals surface area (Å²) < 4.78 is 18.1. The lowest BCUT2D eigenvalue weighted by molar-refractivity contribution is -0.00134. The number of rotatable bonds is 3. The van der Waals surface area contributed by atoms with Crippen molar-refractivity contribution < 1.29 is 24.1 Å². The Hall–Kier alpha value is -2.95. The Bertz CT molecular complexity index is 1090. The number of carbonyl (C=O) groups excluding carboxylic acids is 1. The van der Waals surface area contributed by atoms with Crippen molar-refractivity contribution in [1.29, 1.82) is 0 Å². The molecule has 5 heteroatoms. The molecule has 1 aliphatic heterocycles. The third-order valence-electron chi connectivity index (χ3n) is 7.60. The van der Waals surface area contributed by atoms with Crippen LogP contribution in [0.25, 0.3) is 0 Å². The van der Waals surface area contributed by atoms with Gasteiger partial charge in [-0.3, -0.25) is 0 Å². The highest BCUT2D eigenvalue weighted by atomic mass is 16.6. The minimum Gasteiger partial charge on any atom is -0.508 e. The van der Waals surface area contributed by atoms with Crippen LogP contribution < -0.4 is 9.47 Å². The number of benzene rings is 2. The van der Waals surface area contributed by atoms with Gasteiger partial charge in [-0.05, 0) is 73.4 Å². The summed E-state index contributed by atoms with van der Waals surface area (Å²) in [7, 11) is 1.67. The van der Waals surface area contributed by atoms with E-state index in [1.54, 1.807) is 19.2 Å². The van der Waals surface area contributed by atoms with E-state index in [0.29, 0.717) is 23.2 Å². The average molecular weight is 404 g/mol. The Kier molecular flexibility index (Phi) is 3.74. The van der Waals surface area contributed by atoms with E-state index in [0.717, 1.165) is 37.2 Å². The molecule has 1 fully saturated rings. The average Bonchev–Trinajstić information content (AvgIpc) is 3.09. The van der Waals surface area contributed by atoms with Crippen molar-refractivity contribution >= 4 is 5.97 Å². The first-order valence-corrected chi connectivity index (χ1v) is 10.7. The van der Waals surface area contributed by atoms with Crippen LogP contribution >= 0.6 is 0 Å². The molecule has 4 aliphatic rings. The molecule has 0 aromatic heterocycles. The van der Waals surface area contributed by atoms with Crippen molar-refractivity contribution in [2.24, 2.45) is 11.8 Å². The van der Waals surface area contributed by atoms with Crippen LogP contribution in [0.15, 0.2) is 48.2 Å². The van der Waals surface area contributed by atoms with Crippen molar-refractivity contribution in [1.82, 2.24) is 0 Å². The minimum absolute atomic E-state index is 0.0436. The van der Waals surface area contributed by atoms with Gasteiger partial charge in [0.25, 0.3) is 0 Å². The Labute approximate surface area is 175 Å². The number of phenolic OH excluding ortho intramolecular Hbond substituents is 1. The second-order valence-corrected chi connectivity index (χ2v) is 8.91. The van der Waals surface area contributed by atoms with Gasteiger partial charge in [0.1, 0.15) is 11.5 Å². The lowest BCUT2D eigenvalue weighted by atomic mass is 9.49. The Balaban J connectivity index is 1.43. The van der Waals surface area contributed by atoms with Gasteiger partial charge in [-0.25, -0.2) is 4.79 Å². The van der Waals surface area contributed by atoms with E-state index in [-0.39, 0.29) is 17.3 Å². The zero-order valence-electron chi connectivity index (χ0n) is 16.9. The summed E-state index contributed by atoms with van der Waals surface area (Å²) in [6, 6.07) is 10.4. The molecule has 2 aromatic carbocycles. The van der Waals surface area contributed by atoms with E-state index in [2.05, 4.69) is 12.1 Å². The van der Waals surface area contributed by atoms with Crippen LogP contribution in [0.4, 0.5) is 0 Å². The molecule has 0 saturated heterocycles. The highest BCUT2D eigenvalue weighted by Gasteiger charge is 2.63. The van der Waals surface area contributed by atoms with Gasteiger partial charge in [-0.1, -0.05) is 18.6 Å². The summed E-state index contributed by atoms with van der Waals surface area (Å²) in [5.41, 5.74) is 2.82. The maximum absolute atomic E-state index is 12.8. The highest BCUT2D eigenvalue weighted by molar-refractivity contribution is 5.90. The topological polar surface area (TPSA) is 65.0 Å². The zero-order chi connectivity index (χ0) is 20.5. The van der Waals surface area contributed by atoms with E-state index in [1.165, 1.54) is 29.7 Å². The van der Waals surface area contributed by atoms with Crippen molar-refractivity contribution in [3.63, 3.8) is 0 Å². The molecule has 5 nitrogen and oxygen atoms in total. The Morgan fingerprint density at radius 3 is 3.00 bits per heavy atom. The summed E-state index contributed by atoms with van der Waals surface area (Å²) in [6.07, 6.45) is 7.15. The number of carbonyl (C=O) groups is 1. The van der Waals surface area contributed by atoms with Crippen molar-refractivity contribution in [2.45, 2.75) is 43.6 Å². The van der Waals surface area contributed by atoms with Gasteiger partial charge in [-0.2, -0.15) is 0 Å². The largest absolute Gasteiger partial charge is 0.508 e. The third-order valence-corrected chi connectivity index (χ3v) is 7.60. The van der Waals surface area contributed by atoms with Crippen LogP contribution in [-0.4, -0.2) is 24.3 Å². The number of methoxy groups -OCH3 is 1. The van der Waals surface area contributed by atoms with Gasteiger partial charge in [-0.15, -0.1) is 0 Å². The maximum Gasteiger partial charge on any atom is 0.343 e. The zero-order valence-corrected chi connectivity index (χ0v) is 16.9. The van der Waals surface area contributed by atoms with Crippen LogP contribution in [0.1, 0.15) is 47.2 Å². The van der Waals surface area contributed by atoms with Gasteiger partial charge < -0.3 is 19.3 Å². The van der Waals surface area contributed by atoms with E-state index >= 15 is 0 Å². The first kappa shape index (κ1) is 17.9. The number of aromatic hydroxyl groups is 1. The number of phenols is 1. The standard InChI is InChI=1S/C25H24O5/c1-28-19-9-7-15-12-14-5-3-11-25-18(14)8-10-20(23(25)30-22(19)21(15)25)29-24(27)16-4-2-6-17(26)13-16/h2,4,6-7,9-10,13-14,18,23,26H,3,5,8,11-12H2,1H3. The number of esters is 1. The molecule has 6 rings (SSSR count). The van der Waals surface area contributed by atoms with E-state index in [9.17, 15) is 9.90 Å². The first-order valence-electron chi connectivity index (χ1n) is 10.7. The molecular formula is C25H24O5. The van der Waals surface area contributed by atoms with Crippen LogP contribution in [0.2, 0.25) is 0 Å². The van der Waals surface area contributed by atoms with Gasteiger partial charge in [0.15, 0.2) is 17.6 Å². The molecule has 30 heavy (non-hydrogen) atoms. The Morgan fingerprint density at radius 1 is 1.27 bits per heavy atom. The smallest absolute Gasteiger partial charge is 0.343 e. The van der Waals surface area contributed by atoms with Gasteiger partial charge in [0.05, 0.1) is 12.7 Å². The number of ether oxygens (including phenoxy) is 3. The summed E-state index contributed by atoms with van der Waals surface area (Å²) in [4.78, 5) is 12.8. The lowest BCUT2D eigenvalue weighted by Gasteiger charge is -2.53. The van der Waals surface area contributed by atoms with E-state index < -0.39 is 5.97 Å². The second kappa shape index (κ2) is 6.27. The van der Waals surface area contributed by atoms with E-state index in [1.807, 2.05) is 6.07 Å². The van der Waals surface area contributed by atoms with Crippen molar-refractivity contribution in [3.8, 4) is 17.2 Å². The van der Waals surface area contributed by atoms with Gasteiger partial charge in [0, 0.05) is 11.0 Å². The lowest BCUT2D eigenvalue weighted by Crippen LogP contribution is -2.55. The highest BCUT2D eigenvalue weighted by Crippen LogP contribution is 2.65. The number of hydrogen-bond acceptors (Lipinski definition) is 5. The molecule has 154 valence electrons. The maximum atomic E-state index is 12.8. The molecule has 2 bridgehead atoms. The molecule has 1 heterocycles. The van der Waals surface area contributed by atoms with E-state index in [4.69, 9.17) is 14.2 Å². The number of hydrogen-bond donors (Lipinski definition) is 1. The molecular weight excluding hydrogens is 380 g/mol. The molecule has 4 atom stereocenters. The Morgan fingerprint density at radius 2 is 2.17 bits per heavy atom. The van der Waals surface area contributed by atoms with Crippen LogP contribution in [-0.2, 0) is 16.6 Å². The summed E-state index contributed by atoms with van der Waals surface area (Å²) >= 11 is 0. The van der Waals surface area contributed by atoms with Crippen molar-refractivity contribution in [2.75, 3.05) is 7.11 Å². The molecule has 0 radical (unpaired) electrons. The number of allylic oxidation sites excluding steroid dienone is 1. The quantitative estimate of drug-likeness (QED) is 0.762. The molecule has 1 spiro atoms. The third kappa shape index (κ3) is 2.26. The summed E-state index contributed by atoms with van der Waals surface area (Å²) in [5, 5.41) is 9.72. The van der Waals surface area contributed by atoms with Gasteiger partial charge in [0.2, 0.25) is 0 Å². The SMILES string of the molecule is COc1ccc2c3c1OC1C(OC(=O)c4cccc(O)c4)=CCC4C(CCCC314)C2. The molecule has 3 aliphatic carbocycles. The molecule has 4 unspecified atom stereocenters. The first-order chi connectivity index (χ1) is 14.6. The molecule has 1 N–H and O–H groups in total. The van der Waals surface area contributed by atoms with Crippen LogP contribution in [0, 0.1) is 11.8 Å². The second-order valence-electron chi connectivity index (χ2n) is 8.91.